The first-order chi connectivity index (χ1) is 16.9. The van der Waals surface area contributed by atoms with Crippen molar-refractivity contribution in [1.82, 2.24) is 4.90 Å². The van der Waals surface area contributed by atoms with Crippen LogP contribution in [-0.4, -0.2) is 50.2 Å². The summed E-state index contributed by atoms with van der Waals surface area (Å²) in [5.74, 6) is 8.52. The number of benzene rings is 2. The van der Waals surface area contributed by atoms with Crippen LogP contribution in [0.3, 0.4) is 0 Å². The first-order valence-corrected chi connectivity index (χ1v) is 14.5. The van der Waals surface area contributed by atoms with Crippen molar-refractivity contribution in [3.8, 4) is 5.75 Å². The van der Waals surface area contributed by atoms with Crippen LogP contribution in [-0.2, 0) is 0 Å². The lowest BCUT2D eigenvalue weighted by Gasteiger charge is -2.22. The van der Waals surface area contributed by atoms with Crippen molar-refractivity contribution in [1.29, 1.82) is 0 Å². The number of rotatable bonds is 8. The molecule has 0 saturated carbocycles. The minimum absolute atomic E-state index is 0.131. The second kappa shape index (κ2) is 11.8. The number of ether oxygens (including phenoxy) is 1. The van der Waals surface area contributed by atoms with E-state index < -0.39 is 0 Å². The third-order valence-electron chi connectivity index (χ3n) is 7.39. The first-order valence-electron chi connectivity index (χ1n) is 13.0. The molecule has 2 radical (unpaired) electrons. The molecule has 0 amide bonds. The molecular weight excluding hydrogens is 447 g/mol. The number of likely N-dealkylation sites (tertiary alicyclic amines) is 1. The van der Waals surface area contributed by atoms with Gasteiger partial charge in [0.15, 0.2) is 0 Å². The van der Waals surface area contributed by atoms with E-state index in [-0.39, 0.29) is 16.4 Å². The van der Waals surface area contributed by atoms with Gasteiger partial charge in [0.2, 0.25) is 0 Å². The highest BCUT2D eigenvalue weighted by atomic mass is 32.2. The second-order valence-corrected chi connectivity index (χ2v) is 12.0. The average Bonchev–Trinajstić information content (AvgIpc) is 3.00. The Morgan fingerprint density at radius 3 is 2.74 bits per heavy atom. The third-order valence-corrected chi connectivity index (χ3v) is 9.21. The van der Waals surface area contributed by atoms with Crippen molar-refractivity contribution >= 4 is 35.4 Å². The fourth-order valence-corrected chi connectivity index (χ4v) is 6.96. The van der Waals surface area contributed by atoms with Gasteiger partial charge in [-0.25, -0.2) is 0 Å². The molecule has 1 saturated heterocycles. The predicted molar refractivity (Wildman–Crippen MR) is 154 cm³/mol. The fraction of sp³-hybridized carbons (Fsp3) is 0.467. The summed E-state index contributed by atoms with van der Waals surface area (Å²) in [5.41, 5.74) is 4.44. The van der Waals surface area contributed by atoms with E-state index in [1.54, 1.807) is 0 Å². The van der Waals surface area contributed by atoms with Crippen molar-refractivity contribution in [3.05, 3.63) is 65.6 Å². The minimum Gasteiger partial charge on any atom is -0.459 e. The lowest BCUT2D eigenvalue weighted by atomic mass is 9.91. The van der Waals surface area contributed by atoms with Crippen LogP contribution in [0.15, 0.2) is 69.9 Å². The summed E-state index contributed by atoms with van der Waals surface area (Å²) in [4.78, 5) is 8.69. The Bertz CT molecular complexity index is 1120. The first kappa shape index (κ1) is 26.0. The van der Waals surface area contributed by atoms with Gasteiger partial charge in [-0.2, -0.15) is 10.5 Å². The molecule has 0 aromatic heterocycles. The van der Waals surface area contributed by atoms with Gasteiger partial charge in [0.25, 0.3) is 0 Å². The Labute approximate surface area is 216 Å². The molecule has 35 heavy (non-hydrogen) atoms. The van der Waals surface area contributed by atoms with E-state index in [4.69, 9.17) is 17.6 Å². The molecule has 4 atom stereocenters. The molecule has 2 aliphatic heterocycles. The zero-order valence-electron chi connectivity index (χ0n) is 21.8. The van der Waals surface area contributed by atoms with Gasteiger partial charge < -0.3 is 9.64 Å². The van der Waals surface area contributed by atoms with Gasteiger partial charge in [-0.15, -0.1) is 0 Å². The monoisotopic (exact) mass is 486 g/mol. The highest BCUT2D eigenvalue weighted by Crippen LogP contribution is 2.37. The Morgan fingerprint density at radius 2 is 1.97 bits per heavy atom. The number of hydrogen-bond donors (Lipinski definition) is 0. The molecule has 184 valence electrons. The van der Waals surface area contributed by atoms with Gasteiger partial charge >= 0.3 is 0 Å². The van der Waals surface area contributed by atoms with E-state index in [1.165, 1.54) is 42.0 Å². The lowest BCUT2D eigenvalue weighted by molar-refractivity contribution is 0.347. The van der Waals surface area contributed by atoms with Crippen LogP contribution in [0.1, 0.15) is 57.9 Å². The average molecular weight is 487 g/mol. The van der Waals surface area contributed by atoms with Crippen LogP contribution in [0.2, 0.25) is 0 Å². The highest BCUT2D eigenvalue weighted by Gasteiger charge is 2.32. The van der Waals surface area contributed by atoms with Crippen molar-refractivity contribution < 1.29 is 4.74 Å². The van der Waals surface area contributed by atoms with E-state index in [2.05, 4.69) is 68.9 Å². The second-order valence-electron chi connectivity index (χ2n) is 10.2. The summed E-state index contributed by atoms with van der Waals surface area (Å²) in [6, 6.07) is 16.9. The van der Waals surface area contributed by atoms with Crippen LogP contribution in [0.25, 0.3) is 0 Å². The van der Waals surface area contributed by atoms with Crippen LogP contribution < -0.4 is 10.2 Å². The Hall–Kier alpha value is -2.11. The molecular formula is C30H39BN2OS. The van der Waals surface area contributed by atoms with Crippen LogP contribution >= 0.6 is 10.5 Å². The zero-order valence-corrected chi connectivity index (χ0v) is 22.6. The van der Waals surface area contributed by atoms with Gasteiger partial charge in [0.05, 0.1) is 11.6 Å². The molecule has 1 fully saturated rings. The predicted octanol–water partition coefficient (Wildman–Crippen LogP) is 6.17. The topological polar surface area (TPSA) is 24.8 Å². The fourth-order valence-electron chi connectivity index (χ4n) is 5.42. The largest absolute Gasteiger partial charge is 0.459 e. The SMILES string of the molecule is [B]c1cccc(S(=C)C[C@H](C)C2=NC(C)=C(Oc3cccc(C4CCCN(C)CC4)c3)C2CC)c1. The van der Waals surface area contributed by atoms with E-state index in [0.29, 0.717) is 11.8 Å². The van der Waals surface area contributed by atoms with Crippen molar-refractivity contribution in [2.75, 3.05) is 25.9 Å². The maximum atomic E-state index is 6.59. The summed E-state index contributed by atoms with van der Waals surface area (Å²) in [6.07, 6.45) is 4.70. The van der Waals surface area contributed by atoms with E-state index in [0.717, 1.165) is 41.4 Å². The Morgan fingerprint density at radius 1 is 1.17 bits per heavy atom. The van der Waals surface area contributed by atoms with Crippen molar-refractivity contribution in [2.24, 2.45) is 16.8 Å². The third kappa shape index (κ3) is 6.37. The lowest BCUT2D eigenvalue weighted by Crippen LogP contribution is -2.24. The molecule has 0 N–H and O–H groups in total. The number of nitrogens with zero attached hydrogens (tertiary/aromatic N) is 2. The zero-order chi connectivity index (χ0) is 24.9. The molecule has 0 aliphatic carbocycles. The normalized spacial score (nSPS) is 23.0. The van der Waals surface area contributed by atoms with Crippen molar-refractivity contribution in [3.63, 3.8) is 0 Å². The van der Waals surface area contributed by atoms with E-state index >= 15 is 0 Å². The molecule has 3 nitrogen and oxygen atoms in total. The van der Waals surface area contributed by atoms with Gasteiger partial charge in [0, 0.05) is 16.5 Å². The van der Waals surface area contributed by atoms with Gasteiger partial charge in [-0.1, -0.05) is 55.5 Å². The van der Waals surface area contributed by atoms with Crippen LogP contribution in [0.4, 0.5) is 0 Å². The smallest absolute Gasteiger partial charge is 0.134 e. The molecule has 0 bridgehead atoms. The maximum Gasteiger partial charge on any atom is 0.134 e. The Balaban J connectivity index is 1.45. The minimum atomic E-state index is -0.131. The molecule has 2 aromatic carbocycles. The molecule has 2 aliphatic rings. The van der Waals surface area contributed by atoms with Gasteiger partial charge in [0.1, 0.15) is 19.4 Å². The molecule has 5 heteroatoms. The summed E-state index contributed by atoms with van der Waals surface area (Å²) < 4.78 is 6.59. The summed E-state index contributed by atoms with van der Waals surface area (Å²) in [6.45, 7) is 8.96. The quantitative estimate of drug-likeness (QED) is 0.330. The standard InChI is InChI=1S/C30H39BN2OS/c1-6-28-29(21(2)20-35(5)27-14-8-12-25(31)19-27)32-22(3)30(28)34-26-13-7-10-24(18-26)23-11-9-16-33(4)17-15-23/h7-8,10,12-14,18-19,21,23,28H,5-6,9,11,15-17,20H2,1-4H3/t21-,23?,28?,35?/m0/s1. The molecule has 2 aromatic rings. The molecule has 3 unspecified atom stereocenters. The highest BCUT2D eigenvalue weighted by molar-refractivity contribution is 8.14. The molecule has 2 heterocycles. The van der Waals surface area contributed by atoms with Crippen molar-refractivity contribution in [2.45, 2.75) is 57.3 Å². The number of hydrogen-bond acceptors (Lipinski definition) is 3. The molecule has 4 rings (SSSR count). The van der Waals surface area contributed by atoms with Crippen LogP contribution in [0, 0.1) is 11.8 Å². The number of allylic oxidation sites excluding steroid dienone is 2. The van der Waals surface area contributed by atoms with Gasteiger partial charge in [-0.3, -0.25) is 4.99 Å². The summed E-state index contributed by atoms with van der Waals surface area (Å²) in [5, 5.41) is 0. The summed E-state index contributed by atoms with van der Waals surface area (Å²) in [7, 11) is 8.10. The van der Waals surface area contributed by atoms with E-state index in [1.807, 2.05) is 18.2 Å². The summed E-state index contributed by atoms with van der Waals surface area (Å²) >= 11 is 0. The van der Waals surface area contributed by atoms with Gasteiger partial charge in [-0.05, 0) is 88.2 Å². The Kier molecular flexibility index (Phi) is 8.72. The maximum absolute atomic E-state index is 6.59. The van der Waals surface area contributed by atoms with Crippen LogP contribution in [0.5, 0.6) is 5.75 Å². The number of aliphatic imine (C=N–C) groups is 1. The molecule has 0 spiro atoms. The van der Waals surface area contributed by atoms with E-state index in [9.17, 15) is 0 Å².